The van der Waals surface area contributed by atoms with E-state index in [4.69, 9.17) is 0 Å². The first-order valence-corrected chi connectivity index (χ1v) is 5.75. The van der Waals surface area contributed by atoms with Crippen molar-refractivity contribution in [3.63, 3.8) is 0 Å². The second-order valence-electron chi connectivity index (χ2n) is 3.91. The molecule has 0 amide bonds. The molecule has 0 radical (unpaired) electrons. The number of nitro groups is 2. The first-order chi connectivity index (χ1) is 8.36. The molecule has 0 heterocycles. The Labute approximate surface area is 106 Å². The molecule has 1 rings (SSSR count). The number of hydrogen-bond acceptors (Lipinski definition) is 4. The lowest BCUT2D eigenvalue weighted by Crippen LogP contribution is -2.00. The monoisotopic (exact) mass is 254 g/mol. The van der Waals surface area contributed by atoms with Crippen LogP contribution in [0.25, 0.3) is 0 Å². The topological polar surface area (TPSA) is 86.3 Å². The predicted molar refractivity (Wildman–Crippen MR) is 69.8 cm³/mol. The number of hydrogen-bond donors (Lipinski definition) is 0. The van der Waals surface area contributed by atoms with Crippen LogP contribution in [0.5, 0.6) is 0 Å². The number of rotatable bonds is 3. The Morgan fingerprint density at radius 1 is 0.889 bits per heavy atom. The van der Waals surface area contributed by atoms with Crippen LogP contribution in [0.4, 0.5) is 11.4 Å². The number of nitro benzene ring substituents is 2. The van der Waals surface area contributed by atoms with Gasteiger partial charge in [0.25, 0.3) is 0 Å². The Hall–Kier alpha value is -1.98. The van der Waals surface area contributed by atoms with Crippen molar-refractivity contribution in [2.75, 3.05) is 0 Å². The zero-order chi connectivity index (χ0) is 14.3. The maximum atomic E-state index is 10.6. The summed E-state index contributed by atoms with van der Waals surface area (Å²) in [5, 5.41) is 21.2. The van der Waals surface area contributed by atoms with Crippen LogP contribution < -0.4 is 0 Å². The SMILES string of the molecule is CCCC.Cc1ccc(C)c([N+](=O)[O-])c1[N+](=O)[O-]. The van der Waals surface area contributed by atoms with Crippen LogP contribution in [0, 0.1) is 34.1 Å². The number of aryl methyl sites for hydroxylation is 2. The third-order valence-corrected chi connectivity index (χ3v) is 2.42. The Morgan fingerprint density at radius 3 is 1.33 bits per heavy atom. The Bertz CT molecular complexity index is 403. The predicted octanol–water partition coefficient (Wildman–Crippen LogP) is 3.93. The maximum Gasteiger partial charge on any atom is 0.349 e. The molecule has 1 aromatic carbocycles. The molecular weight excluding hydrogens is 236 g/mol. The maximum absolute atomic E-state index is 10.6. The molecule has 0 bridgehead atoms. The van der Waals surface area contributed by atoms with Gasteiger partial charge in [-0.2, -0.15) is 0 Å². The minimum absolute atomic E-state index is 0.298. The van der Waals surface area contributed by atoms with E-state index in [1.54, 1.807) is 0 Å². The Morgan fingerprint density at radius 2 is 1.17 bits per heavy atom. The van der Waals surface area contributed by atoms with Gasteiger partial charge < -0.3 is 0 Å². The summed E-state index contributed by atoms with van der Waals surface area (Å²) in [6, 6.07) is 3.00. The molecule has 0 fully saturated rings. The van der Waals surface area contributed by atoms with Gasteiger partial charge >= 0.3 is 11.4 Å². The van der Waals surface area contributed by atoms with Gasteiger partial charge in [0, 0.05) is 11.1 Å². The van der Waals surface area contributed by atoms with Gasteiger partial charge in [-0.15, -0.1) is 0 Å². The largest absolute Gasteiger partial charge is 0.349 e. The van der Waals surface area contributed by atoms with Gasteiger partial charge in [-0.25, -0.2) is 0 Å². The van der Waals surface area contributed by atoms with Crippen molar-refractivity contribution in [3.8, 4) is 0 Å². The first kappa shape index (κ1) is 16.0. The molecule has 0 aromatic heterocycles. The number of unbranched alkanes of at least 4 members (excludes halogenated alkanes) is 1. The fourth-order valence-corrected chi connectivity index (χ4v) is 1.24. The summed E-state index contributed by atoms with van der Waals surface area (Å²) in [7, 11) is 0. The highest BCUT2D eigenvalue weighted by Gasteiger charge is 2.28. The minimum Gasteiger partial charge on any atom is -0.258 e. The standard InChI is InChI=1S/C8H8N2O4.C4H10/c1-5-3-4-6(2)8(10(13)14)7(5)9(11)12;1-3-4-2/h3-4H,1-2H3;3-4H2,1-2H3. The van der Waals surface area contributed by atoms with E-state index in [-0.39, 0.29) is 0 Å². The van der Waals surface area contributed by atoms with Crippen LogP contribution in [-0.2, 0) is 0 Å². The molecule has 1 aromatic rings. The van der Waals surface area contributed by atoms with Crippen LogP contribution in [0.3, 0.4) is 0 Å². The normalized spacial score (nSPS) is 9.33. The molecule has 6 nitrogen and oxygen atoms in total. The minimum atomic E-state index is -0.722. The third-order valence-electron chi connectivity index (χ3n) is 2.42. The molecule has 0 atom stereocenters. The molecular formula is C12H18N2O4. The van der Waals surface area contributed by atoms with Crippen LogP contribution in [0.1, 0.15) is 37.8 Å². The summed E-state index contributed by atoms with van der Waals surface area (Å²) in [4.78, 5) is 19.8. The van der Waals surface area contributed by atoms with Crippen molar-refractivity contribution in [1.82, 2.24) is 0 Å². The molecule has 0 saturated heterocycles. The lowest BCUT2D eigenvalue weighted by atomic mass is 10.1. The van der Waals surface area contributed by atoms with E-state index in [0.717, 1.165) is 0 Å². The highest BCUT2D eigenvalue weighted by Crippen LogP contribution is 2.32. The van der Waals surface area contributed by atoms with Gasteiger partial charge in [-0.1, -0.05) is 38.8 Å². The Kier molecular flexibility index (Phi) is 6.56. The second-order valence-corrected chi connectivity index (χ2v) is 3.91. The number of nitrogens with zero attached hydrogens (tertiary/aromatic N) is 2. The summed E-state index contributed by atoms with van der Waals surface area (Å²) in [5.74, 6) is 0. The molecule has 0 aliphatic carbocycles. The summed E-state index contributed by atoms with van der Waals surface area (Å²) in [5.41, 5.74) is -0.246. The van der Waals surface area contributed by atoms with Crippen LogP contribution in [-0.4, -0.2) is 9.85 Å². The average molecular weight is 254 g/mol. The van der Waals surface area contributed by atoms with E-state index in [2.05, 4.69) is 13.8 Å². The van der Waals surface area contributed by atoms with Gasteiger partial charge in [0.1, 0.15) is 0 Å². The molecule has 0 spiro atoms. The fourth-order valence-electron chi connectivity index (χ4n) is 1.24. The van der Waals surface area contributed by atoms with E-state index in [9.17, 15) is 20.2 Å². The lowest BCUT2D eigenvalue weighted by Gasteiger charge is -2.00. The lowest BCUT2D eigenvalue weighted by molar-refractivity contribution is -0.423. The van der Waals surface area contributed by atoms with Crippen molar-refractivity contribution < 1.29 is 9.85 Å². The molecule has 0 aliphatic heterocycles. The quantitative estimate of drug-likeness (QED) is 0.604. The third kappa shape index (κ3) is 4.12. The van der Waals surface area contributed by atoms with Crippen LogP contribution in [0.2, 0.25) is 0 Å². The summed E-state index contributed by atoms with van der Waals surface area (Å²) in [6.45, 7) is 7.31. The van der Waals surface area contributed by atoms with Gasteiger partial charge in [0.15, 0.2) is 0 Å². The van der Waals surface area contributed by atoms with Gasteiger partial charge in [-0.3, -0.25) is 20.2 Å². The van der Waals surface area contributed by atoms with Crippen molar-refractivity contribution in [1.29, 1.82) is 0 Å². The van der Waals surface area contributed by atoms with Crippen molar-refractivity contribution >= 4 is 11.4 Å². The molecule has 0 N–H and O–H groups in total. The summed E-state index contributed by atoms with van der Waals surface area (Å²) < 4.78 is 0. The molecule has 0 unspecified atom stereocenters. The van der Waals surface area contributed by atoms with Crippen molar-refractivity contribution in [3.05, 3.63) is 43.5 Å². The van der Waals surface area contributed by atoms with Gasteiger partial charge in [0.05, 0.1) is 9.85 Å². The fraction of sp³-hybridized carbons (Fsp3) is 0.500. The van der Waals surface area contributed by atoms with Gasteiger partial charge in [0.2, 0.25) is 0 Å². The van der Waals surface area contributed by atoms with Crippen LogP contribution >= 0.6 is 0 Å². The Balaban J connectivity index is 0.000000631. The molecule has 100 valence electrons. The number of benzene rings is 1. The van der Waals surface area contributed by atoms with Crippen molar-refractivity contribution in [2.24, 2.45) is 0 Å². The zero-order valence-electron chi connectivity index (χ0n) is 11.1. The van der Waals surface area contributed by atoms with E-state index in [0.29, 0.717) is 11.1 Å². The van der Waals surface area contributed by atoms with Gasteiger partial charge in [-0.05, 0) is 13.8 Å². The molecule has 0 saturated carbocycles. The summed E-state index contributed by atoms with van der Waals surface area (Å²) in [6.07, 6.45) is 2.64. The highest BCUT2D eigenvalue weighted by molar-refractivity contribution is 5.61. The van der Waals surface area contributed by atoms with E-state index >= 15 is 0 Å². The van der Waals surface area contributed by atoms with E-state index in [1.165, 1.54) is 38.8 Å². The highest BCUT2D eigenvalue weighted by atomic mass is 16.6. The molecule has 0 aliphatic rings. The zero-order valence-corrected chi connectivity index (χ0v) is 11.1. The van der Waals surface area contributed by atoms with Crippen LogP contribution in [0.15, 0.2) is 12.1 Å². The first-order valence-electron chi connectivity index (χ1n) is 5.75. The molecule has 18 heavy (non-hydrogen) atoms. The molecule has 6 heteroatoms. The van der Waals surface area contributed by atoms with E-state index in [1.807, 2.05) is 0 Å². The summed E-state index contributed by atoms with van der Waals surface area (Å²) >= 11 is 0. The second kappa shape index (κ2) is 7.37. The van der Waals surface area contributed by atoms with E-state index < -0.39 is 21.2 Å². The smallest absolute Gasteiger partial charge is 0.258 e. The average Bonchev–Trinajstić information content (AvgIpc) is 2.31. The van der Waals surface area contributed by atoms with Crippen molar-refractivity contribution in [2.45, 2.75) is 40.5 Å².